The van der Waals surface area contributed by atoms with Crippen molar-refractivity contribution < 1.29 is 10.2 Å². The predicted molar refractivity (Wildman–Crippen MR) is 120 cm³/mol. The van der Waals surface area contributed by atoms with Gasteiger partial charge in [-0.25, -0.2) is 0 Å². The first-order chi connectivity index (χ1) is 14.4. The third-order valence-electron chi connectivity index (χ3n) is 11.4. The average molecular weight is 414 g/mol. The number of fused-ring (bicyclic) bond motifs is 7. The van der Waals surface area contributed by atoms with Crippen molar-refractivity contribution in [2.45, 2.75) is 96.8 Å². The molecule has 168 valence electrons. The number of hydrogen-bond acceptors (Lipinski definition) is 3. The van der Waals surface area contributed by atoms with Crippen molar-refractivity contribution in [3.8, 4) is 0 Å². The highest BCUT2D eigenvalue weighted by Crippen LogP contribution is 2.66. The lowest BCUT2D eigenvalue weighted by Crippen LogP contribution is -2.53. The third kappa shape index (κ3) is 2.80. The molecule has 4 fully saturated rings. The summed E-state index contributed by atoms with van der Waals surface area (Å²) in [5.74, 6) is 4.97. The molecule has 4 aliphatic carbocycles. The van der Waals surface area contributed by atoms with Gasteiger partial charge < -0.3 is 10.2 Å². The van der Waals surface area contributed by atoms with Crippen LogP contribution in [0.3, 0.4) is 0 Å². The number of piperidine rings is 1. The Bertz CT molecular complexity index is 732. The summed E-state index contributed by atoms with van der Waals surface area (Å²) in [5, 5.41) is 21.5. The van der Waals surface area contributed by atoms with Crippen molar-refractivity contribution >= 4 is 0 Å². The third-order valence-corrected chi connectivity index (χ3v) is 11.4. The summed E-state index contributed by atoms with van der Waals surface area (Å²) in [5.41, 5.74) is 3.94. The Balaban J connectivity index is 1.32. The van der Waals surface area contributed by atoms with Gasteiger partial charge in [0.05, 0.1) is 12.2 Å². The van der Waals surface area contributed by atoms with Crippen LogP contribution in [0.25, 0.3) is 0 Å². The Hall–Kier alpha value is -0.380. The first-order valence-corrected chi connectivity index (χ1v) is 13.2. The van der Waals surface area contributed by atoms with E-state index in [2.05, 4.69) is 25.7 Å². The molecule has 0 spiro atoms. The molecule has 0 aromatic rings. The molecule has 3 saturated carbocycles. The van der Waals surface area contributed by atoms with Crippen LogP contribution in [0, 0.1) is 46.8 Å². The SMILES string of the molecule is C[C@@H]1CC[C@@H]2[C@H](C)C3=C(CN2C1)[C@@H]1C[C@H]2[C@@H](C[C@@H](O)[C@H]4C[C@H](O)CC[C@@]42C)[C@@H]1CC3. The Kier molecular flexibility index (Phi) is 4.76. The van der Waals surface area contributed by atoms with Crippen LogP contribution in [0.4, 0.5) is 0 Å². The summed E-state index contributed by atoms with van der Waals surface area (Å²) in [6.07, 6.45) is 10.4. The molecule has 0 unspecified atom stereocenters. The molecule has 2 N–H and O–H groups in total. The van der Waals surface area contributed by atoms with Gasteiger partial charge in [0.2, 0.25) is 0 Å². The Labute approximate surface area is 183 Å². The Morgan fingerprint density at radius 1 is 0.900 bits per heavy atom. The molecule has 0 aromatic heterocycles. The second kappa shape index (κ2) is 7.06. The van der Waals surface area contributed by atoms with Gasteiger partial charge in [-0.2, -0.15) is 0 Å². The number of aliphatic hydroxyl groups is 2. The maximum absolute atomic E-state index is 11.2. The van der Waals surface area contributed by atoms with Crippen LogP contribution in [0.2, 0.25) is 0 Å². The van der Waals surface area contributed by atoms with Gasteiger partial charge in [0.25, 0.3) is 0 Å². The lowest BCUT2D eigenvalue weighted by molar-refractivity contribution is -0.129. The second-order valence-corrected chi connectivity index (χ2v) is 12.7. The van der Waals surface area contributed by atoms with Crippen LogP contribution >= 0.6 is 0 Å². The van der Waals surface area contributed by atoms with E-state index in [0.717, 1.165) is 61.3 Å². The van der Waals surface area contributed by atoms with E-state index in [9.17, 15) is 10.2 Å². The zero-order valence-corrected chi connectivity index (χ0v) is 19.4. The minimum atomic E-state index is -0.196. The quantitative estimate of drug-likeness (QED) is 0.569. The highest BCUT2D eigenvalue weighted by atomic mass is 16.3. The summed E-state index contributed by atoms with van der Waals surface area (Å²) >= 11 is 0. The van der Waals surface area contributed by atoms with Crippen molar-refractivity contribution in [1.82, 2.24) is 4.90 Å². The van der Waals surface area contributed by atoms with Gasteiger partial charge in [-0.15, -0.1) is 0 Å². The molecule has 30 heavy (non-hydrogen) atoms. The predicted octanol–water partition coefficient (Wildman–Crippen LogP) is 4.63. The molecule has 0 bridgehead atoms. The zero-order valence-electron chi connectivity index (χ0n) is 19.4. The highest BCUT2D eigenvalue weighted by Gasteiger charge is 2.61. The molecule has 6 aliphatic rings. The number of aliphatic hydroxyl groups excluding tert-OH is 2. The van der Waals surface area contributed by atoms with Crippen LogP contribution in [0.15, 0.2) is 11.1 Å². The van der Waals surface area contributed by atoms with Crippen molar-refractivity contribution in [3.63, 3.8) is 0 Å². The van der Waals surface area contributed by atoms with Gasteiger partial charge in [-0.05, 0) is 105 Å². The molecule has 1 saturated heterocycles. The fourth-order valence-electron chi connectivity index (χ4n) is 9.90. The molecular formula is C27H43NO2. The Morgan fingerprint density at radius 3 is 2.57 bits per heavy atom. The molecule has 0 aromatic carbocycles. The molecule has 6 rings (SSSR count). The minimum Gasteiger partial charge on any atom is -0.393 e. The molecule has 0 radical (unpaired) electrons. The summed E-state index contributed by atoms with van der Waals surface area (Å²) in [6.45, 7) is 10.0. The number of nitrogens with zero attached hydrogens (tertiary/aromatic N) is 1. The number of rotatable bonds is 0. The largest absolute Gasteiger partial charge is 0.393 e. The highest BCUT2D eigenvalue weighted by molar-refractivity contribution is 5.32. The van der Waals surface area contributed by atoms with Crippen LogP contribution < -0.4 is 0 Å². The van der Waals surface area contributed by atoms with E-state index in [-0.39, 0.29) is 17.6 Å². The van der Waals surface area contributed by atoms with Gasteiger partial charge in [0.1, 0.15) is 0 Å². The van der Waals surface area contributed by atoms with E-state index in [4.69, 9.17) is 0 Å². The van der Waals surface area contributed by atoms with Crippen molar-refractivity contribution in [1.29, 1.82) is 0 Å². The maximum Gasteiger partial charge on any atom is 0.0577 e. The van der Waals surface area contributed by atoms with Gasteiger partial charge in [-0.3, -0.25) is 4.90 Å². The van der Waals surface area contributed by atoms with Crippen molar-refractivity contribution in [2.24, 2.45) is 46.8 Å². The first-order valence-electron chi connectivity index (χ1n) is 13.2. The van der Waals surface area contributed by atoms with E-state index < -0.39 is 0 Å². The average Bonchev–Trinajstić information content (AvgIpc) is 3.09. The summed E-state index contributed by atoms with van der Waals surface area (Å²) < 4.78 is 0. The molecule has 2 aliphatic heterocycles. The molecule has 11 atom stereocenters. The number of hydrogen-bond donors (Lipinski definition) is 2. The lowest BCUT2D eigenvalue weighted by Gasteiger charge is -2.55. The van der Waals surface area contributed by atoms with Crippen LogP contribution in [0.5, 0.6) is 0 Å². The van der Waals surface area contributed by atoms with Crippen molar-refractivity contribution in [2.75, 3.05) is 13.1 Å². The van der Waals surface area contributed by atoms with E-state index in [1.807, 2.05) is 11.1 Å². The Morgan fingerprint density at radius 2 is 1.73 bits per heavy atom. The summed E-state index contributed by atoms with van der Waals surface area (Å²) in [4.78, 5) is 2.86. The molecule has 0 amide bonds. The summed E-state index contributed by atoms with van der Waals surface area (Å²) in [7, 11) is 0. The van der Waals surface area contributed by atoms with E-state index in [0.29, 0.717) is 11.8 Å². The van der Waals surface area contributed by atoms with Gasteiger partial charge in [-0.1, -0.05) is 31.9 Å². The molecular weight excluding hydrogens is 370 g/mol. The topological polar surface area (TPSA) is 43.7 Å². The molecule has 3 nitrogen and oxygen atoms in total. The van der Waals surface area contributed by atoms with E-state index >= 15 is 0 Å². The van der Waals surface area contributed by atoms with Crippen LogP contribution in [-0.2, 0) is 0 Å². The lowest BCUT2D eigenvalue weighted by atomic mass is 9.51. The maximum atomic E-state index is 11.2. The van der Waals surface area contributed by atoms with E-state index in [1.54, 1.807) is 0 Å². The molecule has 3 heteroatoms. The van der Waals surface area contributed by atoms with Gasteiger partial charge >= 0.3 is 0 Å². The standard InChI is InChI=1S/C27H43NO2/c1-15-4-7-25-16(2)18-5-6-19-20(22(18)14-28(25)13-15)11-23-21(19)12-26(30)24-10-17(29)8-9-27(23,24)3/h15-17,19-21,23-26,29-30H,4-14H2,1-3H3/t15-,16-,17-,19-,20-,21+,23+,24-,25-,26-,27-/m1/s1. The second-order valence-electron chi connectivity index (χ2n) is 12.7. The smallest absolute Gasteiger partial charge is 0.0577 e. The molecule has 2 heterocycles. The van der Waals surface area contributed by atoms with Crippen LogP contribution in [0.1, 0.15) is 78.6 Å². The van der Waals surface area contributed by atoms with Gasteiger partial charge in [0.15, 0.2) is 0 Å². The first kappa shape index (κ1) is 20.2. The van der Waals surface area contributed by atoms with Crippen LogP contribution in [-0.4, -0.2) is 46.5 Å². The minimum absolute atomic E-state index is 0.190. The van der Waals surface area contributed by atoms with Gasteiger partial charge in [0, 0.05) is 19.1 Å². The van der Waals surface area contributed by atoms with Crippen molar-refractivity contribution in [3.05, 3.63) is 11.1 Å². The monoisotopic (exact) mass is 413 g/mol. The van der Waals surface area contributed by atoms with E-state index in [1.165, 1.54) is 45.2 Å². The fraction of sp³-hybridized carbons (Fsp3) is 0.926. The summed E-state index contributed by atoms with van der Waals surface area (Å²) in [6, 6.07) is 0.795. The zero-order chi connectivity index (χ0) is 20.8. The normalized spacial score (nSPS) is 55.9. The fourth-order valence-corrected chi connectivity index (χ4v) is 9.90.